The summed E-state index contributed by atoms with van der Waals surface area (Å²) < 4.78 is 1.08. The van der Waals surface area contributed by atoms with Gasteiger partial charge in [-0.05, 0) is 39.9 Å². The zero-order valence-corrected chi connectivity index (χ0v) is 9.26. The average molecular weight is 252 g/mol. The van der Waals surface area contributed by atoms with Gasteiger partial charge < -0.3 is 0 Å². The minimum atomic E-state index is 0.775. The molecule has 3 heteroatoms. The van der Waals surface area contributed by atoms with Crippen molar-refractivity contribution in [2.75, 3.05) is 5.75 Å². The van der Waals surface area contributed by atoms with Gasteiger partial charge in [-0.15, -0.1) is 11.8 Å². The highest BCUT2D eigenvalue weighted by atomic mass is 79.9. The zero-order valence-electron chi connectivity index (χ0n) is 6.10. The minimum Gasteiger partial charge on any atom is -0.125 e. The molecular formula is C8H8BrClS. The molecule has 0 radical (unpaired) electrons. The Hall–Kier alpha value is 0.340. The molecule has 0 fully saturated rings. The Kier molecular flexibility index (Phi) is 3.76. The van der Waals surface area contributed by atoms with Crippen LogP contribution in [-0.4, -0.2) is 5.75 Å². The molecule has 0 saturated heterocycles. The molecule has 0 unspecified atom stereocenters. The average Bonchev–Trinajstić information content (AvgIpc) is 1.95. The first-order valence-electron chi connectivity index (χ1n) is 3.32. The van der Waals surface area contributed by atoms with Gasteiger partial charge in [-0.25, -0.2) is 0 Å². The van der Waals surface area contributed by atoms with Crippen molar-refractivity contribution >= 4 is 39.3 Å². The van der Waals surface area contributed by atoms with Crippen molar-refractivity contribution in [1.82, 2.24) is 0 Å². The van der Waals surface area contributed by atoms with Gasteiger partial charge in [0, 0.05) is 14.4 Å². The first-order valence-corrected chi connectivity index (χ1v) is 5.47. The number of hydrogen-bond donors (Lipinski definition) is 0. The molecule has 0 bridgehead atoms. The number of benzene rings is 1. The molecule has 60 valence electrons. The molecule has 1 aromatic rings. The Morgan fingerprint density at radius 3 is 2.82 bits per heavy atom. The van der Waals surface area contributed by atoms with E-state index in [4.69, 9.17) is 11.6 Å². The summed E-state index contributed by atoms with van der Waals surface area (Å²) in [5.74, 6) is 1.08. The first kappa shape index (κ1) is 9.43. The fourth-order valence-corrected chi connectivity index (χ4v) is 2.45. The van der Waals surface area contributed by atoms with Gasteiger partial charge in [0.2, 0.25) is 0 Å². The van der Waals surface area contributed by atoms with Crippen LogP contribution >= 0.6 is 39.3 Å². The normalized spacial score (nSPS) is 10.1. The number of halogens is 2. The smallest absolute Gasteiger partial charge is 0.0418 e. The Bertz CT molecular complexity index is 250. The highest BCUT2D eigenvalue weighted by Crippen LogP contribution is 2.29. The van der Waals surface area contributed by atoms with E-state index < -0.39 is 0 Å². The topological polar surface area (TPSA) is 0 Å². The van der Waals surface area contributed by atoms with E-state index in [1.165, 1.54) is 4.90 Å². The summed E-state index contributed by atoms with van der Waals surface area (Å²) >= 11 is 11.0. The van der Waals surface area contributed by atoms with E-state index in [2.05, 4.69) is 22.9 Å². The summed E-state index contributed by atoms with van der Waals surface area (Å²) in [5, 5.41) is 0.775. The third kappa shape index (κ3) is 2.69. The van der Waals surface area contributed by atoms with E-state index in [1.54, 1.807) is 11.8 Å². The third-order valence-corrected chi connectivity index (χ3v) is 3.30. The van der Waals surface area contributed by atoms with Crippen LogP contribution in [-0.2, 0) is 0 Å². The van der Waals surface area contributed by atoms with Crippen LogP contribution in [0.1, 0.15) is 6.92 Å². The maximum atomic E-state index is 5.78. The van der Waals surface area contributed by atoms with Crippen LogP contribution in [0, 0.1) is 0 Å². The lowest BCUT2D eigenvalue weighted by Gasteiger charge is -2.01. The maximum absolute atomic E-state index is 5.78. The number of rotatable bonds is 2. The van der Waals surface area contributed by atoms with Gasteiger partial charge in [-0.2, -0.15) is 0 Å². The van der Waals surface area contributed by atoms with Gasteiger partial charge >= 0.3 is 0 Å². The highest BCUT2D eigenvalue weighted by molar-refractivity contribution is 9.10. The second-order valence-electron chi connectivity index (χ2n) is 2.01. The second-order valence-corrected chi connectivity index (χ2v) is 4.60. The molecule has 0 nitrogen and oxygen atoms in total. The molecule has 0 amide bonds. The minimum absolute atomic E-state index is 0.775. The van der Waals surface area contributed by atoms with Crippen molar-refractivity contribution in [3.63, 3.8) is 0 Å². The largest absolute Gasteiger partial charge is 0.125 e. The van der Waals surface area contributed by atoms with E-state index >= 15 is 0 Å². The van der Waals surface area contributed by atoms with Crippen LogP contribution < -0.4 is 0 Å². The van der Waals surface area contributed by atoms with Crippen LogP contribution in [0.5, 0.6) is 0 Å². The number of hydrogen-bond acceptors (Lipinski definition) is 1. The Morgan fingerprint density at radius 2 is 2.27 bits per heavy atom. The molecule has 0 saturated carbocycles. The molecule has 0 spiro atoms. The summed E-state index contributed by atoms with van der Waals surface area (Å²) in [5.41, 5.74) is 0. The van der Waals surface area contributed by atoms with Crippen molar-refractivity contribution in [3.05, 3.63) is 27.7 Å². The molecule has 1 rings (SSSR count). The quantitative estimate of drug-likeness (QED) is 0.710. The maximum Gasteiger partial charge on any atom is 0.0418 e. The lowest BCUT2D eigenvalue weighted by Crippen LogP contribution is -1.75. The fraction of sp³-hybridized carbons (Fsp3) is 0.250. The van der Waals surface area contributed by atoms with Crippen molar-refractivity contribution in [3.8, 4) is 0 Å². The Balaban J connectivity index is 2.90. The summed E-state index contributed by atoms with van der Waals surface area (Å²) in [7, 11) is 0. The van der Waals surface area contributed by atoms with E-state index in [1.807, 2.05) is 18.2 Å². The molecule has 0 aliphatic heterocycles. The molecular weight excluding hydrogens is 244 g/mol. The predicted molar refractivity (Wildman–Crippen MR) is 55.6 cm³/mol. The van der Waals surface area contributed by atoms with Crippen LogP contribution in [0.15, 0.2) is 27.6 Å². The van der Waals surface area contributed by atoms with Gasteiger partial charge in [0.15, 0.2) is 0 Å². The van der Waals surface area contributed by atoms with Gasteiger partial charge in [-0.1, -0.05) is 18.5 Å². The van der Waals surface area contributed by atoms with Crippen molar-refractivity contribution in [2.45, 2.75) is 11.8 Å². The lowest BCUT2D eigenvalue weighted by molar-refractivity contribution is 1.39. The van der Waals surface area contributed by atoms with E-state index in [-0.39, 0.29) is 0 Å². The zero-order chi connectivity index (χ0) is 8.27. The van der Waals surface area contributed by atoms with Crippen molar-refractivity contribution in [2.24, 2.45) is 0 Å². The molecule has 0 aliphatic rings. The second kappa shape index (κ2) is 4.39. The molecule has 0 aliphatic carbocycles. The first-order chi connectivity index (χ1) is 5.24. The molecule has 0 heterocycles. The van der Waals surface area contributed by atoms with E-state index in [9.17, 15) is 0 Å². The van der Waals surface area contributed by atoms with Gasteiger partial charge in [0.25, 0.3) is 0 Å². The van der Waals surface area contributed by atoms with Gasteiger partial charge in [0.1, 0.15) is 0 Å². The number of thioether (sulfide) groups is 1. The predicted octanol–water partition coefficient (Wildman–Crippen LogP) is 4.21. The lowest BCUT2D eigenvalue weighted by atomic mass is 10.4. The highest BCUT2D eigenvalue weighted by Gasteiger charge is 1.98. The molecule has 0 aromatic heterocycles. The van der Waals surface area contributed by atoms with Crippen LogP contribution in [0.25, 0.3) is 0 Å². The van der Waals surface area contributed by atoms with E-state index in [0.29, 0.717) is 0 Å². The Labute approximate surface area is 84.5 Å². The summed E-state index contributed by atoms with van der Waals surface area (Å²) in [4.78, 5) is 1.25. The molecule has 11 heavy (non-hydrogen) atoms. The SMILES string of the molecule is CCSc1ccc(Cl)cc1Br. The van der Waals surface area contributed by atoms with Crippen molar-refractivity contribution in [1.29, 1.82) is 0 Å². The molecule has 1 aromatic carbocycles. The van der Waals surface area contributed by atoms with Crippen LogP contribution in [0.4, 0.5) is 0 Å². The summed E-state index contributed by atoms with van der Waals surface area (Å²) in [6.45, 7) is 2.13. The fourth-order valence-electron chi connectivity index (χ4n) is 0.748. The standard InChI is InChI=1S/C8H8BrClS/c1-2-11-8-4-3-6(10)5-7(8)9/h3-5H,2H2,1H3. The third-order valence-electron chi connectivity index (χ3n) is 1.19. The van der Waals surface area contributed by atoms with E-state index in [0.717, 1.165) is 15.2 Å². The van der Waals surface area contributed by atoms with Gasteiger partial charge in [-0.3, -0.25) is 0 Å². The molecule has 0 atom stereocenters. The summed E-state index contributed by atoms with van der Waals surface area (Å²) in [6.07, 6.45) is 0. The Morgan fingerprint density at radius 1 is 1.55 bits per heavy atom. The monoisotopic (exact) mass is 250 g/mol. The van der Waals surface area contributed by atoms with Crippen molar-refractivity contribution < 1.29 is 0 Å². The van der Waals surface area contributed by atoms with Crippen LogP contribution in [0.2, 0.25) is 5.02 Å². The van der Waals surface area contributed by atoms with Crippen LogP contribution in [0.3, 0.4) is 0 Å². The molecule has 0 N–H and O–H groups in total. The summed E-state index contributed by atoms with van der Waals surface area (Å²) in [6, 6.07) is 5.85. The van der Waals surface area contributed by atoms with Gasteiger partial charge in [0.05, 0.1) is 0 Å².